The van der Waals surface area contributed by atoms with Crippen LogP contribution in [0.1, 0.15) is 25.7 Å². The summed E-state index contributed by atoms with van der Waals surface area (Å²) >= 11 is 0. The summed E-state index contributed by atoms with van der Waals surface area (Å²) < 4.78 is 0. The molecule has 0 aromatic carbocycles. The Morgan fingerprint density at radius 2 is 0.800 bits per heavy atom. The van der Waals surface area contributed by atoms with Crippen molar-refractivity contribution in [1.82, 2.24) is 0 Å². The van der Waals surface area contributed by atoms with Crippen LogP contribution >= 0.6 is 0 Å². The van der Waals surface area contributed by atoms with Crippen LogP contribution in [0.15, 0.2) is 24.3 Å². The molecule has 0 saturated carbocycles. The molecule has 0 amide bonds. The molecule has 2 heteroatoms. The summed E-state index contributed by atoms with van der Waals surface area (Å²) in [5.41, 5.74) is 0. The van der Waals surface area contributed by atoms with Gasteiger partial charge in [-0.1, -0.05) is 24.3 Å². The van der Waals surface area contributed by atoms with Crippen LogP contribution in [0.2, 0.25) is 0 Å². The Hall–Kier alpha value is 0.519. The topological polar surface area (TPSA) is 0 Å². The Morgan fingerprint density at radius 1 is 0.600 bits per heavy atom. The van der Waals surface area contributed by atoms with E-state index in [4.69, 9.17) is 0 Å². The van der Waals surface area contributed by atoms with Crippen LogP contribution in [-0.4, -0.2) is 0 Å². The summed E-state index contributed by atoms with van der Waals surface area (Å²) in [5.74, 6) is 0. The SMILES string of the molecule is C1=CCCC=CCC1.[Cu+2].[Cu+]. The van der Waals surface area contributed by atoms with Gasteiger partial charge in [0.1, 0.15) is 0 Å². The number of allylic oxidation sites excluding steroid dienone is 4. The van der Waals surface area contributed by atoms with Crippen molar-refractivity contribution >= 4 is 0 Å². The summed E-state index contributed by atoms with van der Waals surface area (Å²) in [7, 11) is 0. The monoisotopic (exact) mass is 234 g/mol. The maximum Gasteiger partial charge on any atom is 2.00 e. The second kappa shape index (κ2) is 9.52. The minimum Gasteiger partial charge on any atom is -0.0882 e. The van der Waals surface area contributed by atoms with Crippen LogP contribution in [0.3, 0.4) is 0 Å². The zero-order valence-electron chi connectivity index (χ0n) is 5.74. The van der Waals surface area contributed by atoms with Crippen molar-refractivity contribution < 1.29 is 34.1 Å². The van der Waals surface area contributed by atoms with Gasteiger partial charge in [0, 0.05) is 0 Å². The second-order valence-corrected chi connectivity index (χ2v) is 2.10. The van der Waals surface area contributed by atoms with E-state index in [1.807, 2.05) is 0 Å². The molecule has 0 aromatic rings. The van der Waals surface area contributed by atoms with Gasteiger partial charge >= 0.3 is 34.1 Å². The van der Waals surface area contributed by atoms with E-state index in [-0.39, 0.29) is 34.1 Å². The Kier molecular flexibility index (Phi) is 12.5. The van der Waals surface area contributed by atoms with Gasteiger partial charge < -0.3 is 0 Å². The van der Waals surface area contributed by atoms with Crippen molar-refractivity contribution in [3.8, 4) is 0 Å². The molecule has 0 N–H and O–H groups in total. The van der Waals surface area contributed by atoms with Crippen molar-refractivity contribution in [2.24, 2.45) is 0 Å². The molecule has 0 nitrogen and oxygen atoms in total. The molecule has 1 rings (SSSR count). The molecular formula is C8H12Cu2+3. The van der Waals surface area contributed by atoms with Gasteiger partial charge in [-0.05, 0) is 25.7 Å². The first-order chi connectivity index (χ1) is 4.00. The van der Waals surface area contributed by atoms with E-state index in [1.165, 1.54) is 25.7 Å². The van der Waals surface area contributed by atoms with E-state index in [0.717, 1.165) is 0 Å². The zero-order chi connectivity index (χ0) is 5.66. The van der Waals surface area contributed by atoms with Crippen LogP contribution in [-0.2, 0) is 34.1 Å². The Morgan fingerprint density at radius 3 is 1.00 bits per heavy atom. The minimum absolute atomic E-state index is 0. The molecule has 0 aromatic heterocycles. The fraction of sp³-hybridized carbons (Fsp3) is 0.500. The summed E-state index contributed by atoms with van der Waals surface area (Å²) in [5, 5.41) is 0. The fourth-order valence-corrected chi connectivity index (χ4v) is 0.856. The molecule has 0 spiro atoms. The number of hydrogen-bond acceptors (Lipinski definition) is 0. The smallest absolute Gasteiger partial charge is 0.0882 e. The first-order valence-electron chi connectivity index (χ1n) is 3.30. The third-order valence-corrected chi connectivity index (χ3v) is 1.33. The predicted octanol–water partition coefficient (Wildman–Crippen LogP) is 2.67. The van der Waals surface area contributed by atoms with Crippen molar-refractivity contribution in [2.75, 3.05) is 0 Å². The average molecular weight is 235 g/mol. The normalized spacial score (nSPS) is 16.0. The Labute approximate surface area is 84.1 Å². The molecule has 63 valence electrons. The molecule has 0 atom stereocenters. The van der Waals surface area contributed by atoms with Crippen molar-refractivity contribution in [2.45, 2.75) is 25.7 Å². The quantitative estimate of drug-likeness (QED) is 0.447. The molecule has 1 aliphatic carbocycles. The largest absolute Gasteiger partial charge is 2.00 e. The zero-order valence-corrected chi connectivity index (χ0v) is 7.62. The van der Waals surface area contributed by atoms with Crippen LogP contribution in [0.5, 0.6) is 0 Å². The van der Waals surface area contributed by atoms with Gasteiger partial charge in [0.15, 0.2) is 0 Å². The van der Waals surface area contributed by atoms with Crippen LogP contribution < -0.4 is 0 Å². The molecule has 10 heavy (non-hydrogen) atoms. The summed E-state index contributed by atoms with van der Waals surface area (Å²) in [6, 6.07) is 0. The molecule has 1 aliphatic rings. The van der Waals surface area contributed by atoms with E-state index in [1.54, 1.807) is 0 Å². The van der Waals surface area contributed by atoms with Crippen LogP contribution in [0, 0.1) is 0 Å². The van der Waals surface area contributed by atoms with Crippen molar-refractivity contribution in [3.63, 3.8) is 0 Å². The van der Waals surface area contributed by atoms with Crippen molar-refractivity contribution in [1.29, 1.82) is 0 Å². The summed E-state index contributed by atoms with van der Waals surface area (Å²) in [4.78, 5) is 0. The van der Waals surface area contributed by atoms with Gasteiger partial charge in [-0.2, -0.15) is 0 Å². The Balaban J connectivity index is 0. The van der Waals surface area contributed by atoms with E-state index in [9.17, 15) is 0 Å². The standard InChI is InChI=1S/C8H12.2Cu/c1-2-4-6-8-7-5-3-1;;/h1-2,7-8H,3-6H2;;/q;+1;+2. The molecule has 0 saturated heterocycles. The van der Waals surface area contributed by atoms with E-state index >= 15 is 0 Å². The third kappa shape index (κ3) is 6.64. The van der Waals surface area contributed by atoms with Crippen LogP contribution in [0.4, 0.5) is 0 Å². The van der Waals surface area contributed by atoms with Crippen molar-refractivity contribution in [3.05, 3.63) is 24.3 Å². The van der Waals surface area contributed by atoms with Crippen LogP contribution in [0.25, 0.3) is 0 Å². The molecule has 0 unspecified atom stereocenters. The average Bonchev–Trinajstić information content (AvgIpc) is 1.62. The molecule has 0 aliphatic heterocycles. The Bertz CT molecular complexity index is 79.8. The van der Waals surface area contributed by atoms with Gasteiger partial charge in [0.2, 0.25) is 0 Å². The van der Waals surface area contributed by atoms with Gasteiger partial charge in [-0.15, -0.1) is 0 Å². The van der Waals surface area contributed by atoms with Gasteiger partial charge in [-0.3, -0.25) is 0 Å². The predicted molar refractivity (Wildman–Crippen MR) is 36.7 cm³/mol. The maximum atomic E-state index is 2.27. The summed E-state index contributed by atoms with van der Waals surface area (Å²) in [6.07, 6.45) is 14.0. The third-order valence-electron chi connectivity index (χ3n) is 1.33. The molecular weight excluding hydrogens is 223 g/mol. The second-order valence-electron chi connectivity index (χ2n) is 2.10. The molecule has 0 heterocycles. The molecule has 0 bridgehead atoms. The molecule has 1 radical (unpaired) electrons. The first-order valence-corrected chi connectivity index (χ1v) is 3.30. The van der Waals surface area contributed by atoms with E-state index < -0.39 is 0 Å². The van der Waals surface area contributed by atoms with Gasteiger partial charge in [0.25, 0.3) is 0 Å². The number of rotatable bonds is 0. The summed E-state index contributed by atoms with van der Waals surface area (Å²) in [6.45, 7) is 0. The fourth-order valence-electron chi connectivity index (χ4n) is 0.856. The minimum atomic E-state index is 0. The molecule has 0 fully saturated rings. The van der Waals surface area contributed by atoms with Gasteiger partial charge in [0.05, 0.1) is 0 Å². The first kappa shape index (κ1) is 13.1. The maximum absolute atomic E-state index is 2.27. The van der Waals surface area contributed by atoms with Gasteiger partial charge in [-0.25, -0.2) is 0 Å². The van der Waals surface area contributed by atoms with E-state index in [2.05, 4.69) is 24.3 Å². The van der Waals surface area contributed by atoms with E-state index in [0.29, 0.717) is 0 Å². The number of hydrogen-bond donors (Lipinski definition) is 0.